The van der Waals surface area contributed by atoms with Crippen LogP contribution in [0.15, 0.2) is 0 Å². The Hall–Kier alpha value is 0.137. The second kappa shape index (κ2) is 10.3. The SMILES string of the molecule is CC[Si](CC)(CC)OC[C@H](CC(C)(C)OI)NC(=O)OC(C)(C)C. The van der Waals surface area contributed by atoms with Crippen LogP contribution >= 0.6 is 23.0 Å². The van der Waals surface area contributed by atoms with Gasteiger partial charge in [0.2, 0.25) is 0 Å². The Morgan fingerprint density at radius 3 is 1.96 bits per heavy atom. The molecule has 1 amide bonds. The van der Waals surface area contributed by atoms with Gasteiger partial charge in [-0.3, -0.25) is 0 Å². The van der Waals surface area contributed by atoms with E-state index in [4.69, 9.17) is 12.2 Å². The summed E-state index contributed by atoms with van der Waals surface area (Å²) in [5.41, 5.74) is -0.863. The van der Waals surface area contributed by atoms with Crippen molar-refractivity contribution in [2.75, 3.05) is 6.61 Å². The van der Waals surface area contributed by atoms with Crippen LogP contribution in [-0.4, -0.2) is 38.3 Å². The maximum absolute atomic E-state index is 12.2. The van der Waals surface area contributed by atoms with Crippen molar-refractivity contribution in [1.82, 2.24) is 5.32 Å². The molecule has 0 saturated heterocycles. The van der Waals surface area contributed by atoms with Crippen molar-refractivity contribution in [1.29, 1.82) is 0 Å². The third-order valence-corrected chi connectivity index (χ3v) is 10.0. The van der Waals surface area contributed by atoms with Gasteiger partial charge in [-0.05, 0) is 59.2 Å². The molecule has 144 valence electrons. The lowest BCUT2D eigenvalue weighted by Crippen LogP contribution is -2.48. The first-order chi connectivity index (χ1) is 10.9. The number of hydrogen-bond donors (Lipinski definition) is 1. The number of halogens is 1. The quantitative estimate of drug-likeness (QED) is 0.339. The number of carbonyl (C=O) groups is 1. The fraction of sp³-hybridized carbons (Fsp3) is 0.941. The van der Waals surface area contributed by atoms with Gasteiger partial charge in [0.1, 0.15) is 28.6 Å². The highest BCUT2D eigenvalue weighted by Crippen LogP contribution is 2.25. The van der Waals surface area contributed by atoms with Crippen LogP contribution in [-0.2, 0) is 12.2 Å². The number of alkyl carbamates (subject to hydrolysis) is 1. The average molecular weight is 473 g/mol. The standard InChI is InChI=1S/C17H36INO4Si/c1-9-24(10-2,11-3)21-13-14(12-17(7,8)23-18)19-15(20)22-16(4,5)6/h14H,9-13H2,1-8H3,(H,19,20)/t14-/m0/s1. The molecule has 24 heavy (non-hydrogen) atoms. The van der Waals surface area contributed by atoms with Gasteiger partial charge in [-0.15, -0.1) is 0 Å². The Bertz CT molecular complexity index is 373. The molecule has 0 aliphatic carbocycles. The van der Waals surface area contributed by atoms with E-state index in [0.29, 0.717) is 13.0 Å². The molecule has 0 bridgehead atoms. The summed E-state index contributed by atoms with van der Waals surface area (Å²) in [7, 11) is -1.70. The van der Waals surface area contributed by atoms with Crippen molar-refractivity contribution in [3.05, 3.63) is 0 Å². The van der Waals surface area contributed by atoms with Crippen molar-refractivity contribution in [3.8, 4) is 0 Å². The summed E-state index contributed by atoms with van der Waals surface area (Å²) in [4.78, 5) is 12.2. The van der Waals surface area contributed by atoms with Crippen LogP contribution < -0.4 is 5.32 Å². The Kier molecular flexibility index (Phi) is 10.4. The Balaban J connectivity index is 4.97. The topological polar surface area (TPSA) is 56.8 Å². The van der Waals surface area contributed by atoms with E-state index < -0.39 is 20.0 Å². The summed E-state index contributed by atoms with van der Waals surface area (Å²) in [6, 6.07) is 3.13. The summed E-state index contributed by atoms with van der Waals surface area (Å²) in [6.07, 6.45) is 0.258. The zero-order valence-corrected chi connectivity index (χ0v) is 19.8. The highest BCUT2D eigenvalue weighted by atomic mass is 127. The molecule has 5 nitrogen and oxygen atoms in total. The largest absolute Gasteiger partial charge is 0.444 e. The fourth-order valence-corrected chi connectivity index (χ4v) is 5.43. The highest BCUT2D eigenvalue weighted by molar-refractivity contribution is 14.1. The molecule has 0 spiro atoms. The van der Waals surface area contributed by atoms with Crippen LogP contribution in [0.1, 0.15) is 61.8 Å². The second-order valence-corrected chi connectivity index (χ2v) is 13.2. The van der Waals surface area contributed by atoms with Gasteiger partial charge in [0.05, 0.1) is 18.2 Å². The normalized spacial score (nSPS) is 14.4. The van der Waals surface area contributed by atoms with Crippen LogP contribution in [0.2, 0.25) is 18.1 Å². The number of rotatable bonds is 10. The van der Waals surface area contributed by atoms with E-state index in [1.165, 1.54) is 0 Å². The Morgan fingerprint density at radius 2 is 1.58 bits per heavy atom. The van der Waals surface area contributed by atoms with E-state index in [1.54, 1.807) is 0 Å². The van der Waals surface area contributed by atoms with E-state index in [9.17, 15) is 4.79 Å². The first-order valence-corrected chi connectivity index (χ1v) is 12.3. The molecule has 0 aromatic rings. The number of hydrogen-bond acceptors (Lipinski definition) is 4. The van der Waals surface area contributed by atoms with E-state index in [2.05, 4.69) is 26.1 Å². The minimum atomic E-state index is -1.70. The summed E-state index contributed by atoms with van der Waals surface area (Å²) >= 11 is 1.91. The van der Waals surface area contributed by atoms with E-state index in [-0.39, 0.29) is 11.6 Å². The molecule has 0 saturated carbocycles. The molecular weight excluding hydrogens is 437 g/mol. The maximum atomic E-state index is 12.2. The molecule has 0 fully saturated rings. The van der Waals surface area contributed by atoms with Crippen molar-refractivity contribution >= 4 is 37.4 Å². The molecule has 0 unspecified atom stereocenters. The van der Waals surface area contributed by atoms with Gasteiger partial charge >= 0.3 is 6.09 Å². The van der Waals surface area contributed by atoms with Gasteiger partial charge in [-0.2, -0.15) is 0 Å². The first-order valence-electron chi connectivity index (χ1n) is 8.85. The third kappa shape index (κ3) is 9.58. The second-order valence-electron chi connectivity index (χ2n) is 7.94. The minimum absolute atomic E-state index is 0.138. The molecule has 7 heteroatoms. The van der Waals surface area contributed by atoms with Gasteiger partial charge < -0.3 is 17.5 Å². The summed E-state index contributed by atoms with van der Waals surface area (Å²) < 4.78 is 17.3. The molecule has 1 atom stereocenters. The molecule has 1 N–H and O–H groups in total. The van der Waals surface area contributed by atoms with Gasteiger partial charge in [-0.1, -0.05) is 20.8 Å². The first kappa shape index (κ1) is 24.1. The van der Waals surface area contributed by atoms with E-state index in [1.807, 2.05) is 57.6 Å². The van der Waals surface area contributed by atoms with Gasteiger partial charge in [0, 0.05) is 0 Å². The van der Waals surface area contributed by atoms with Crippen LogP contribution in [0.4, 0.5) is 4.79 Å². The lowest BCUT2D eigenvalue weighted by molar-refractivity contribution is 0.0445. The molecular formula is C17H36INO4Si. The van der Waals surface area contributed by atoms with Crippen LogP contribution in [0.3, 0.4) is 0 Å². The van der Waals surface area contributed by atoms with Gasteiger partial charge in [0.15, 0.2) is 8.32 Å². The third-order valence-electron chi connectivity index (χ3n) is 4.19. The zero-order valence-electron chi connectivity index (χ0n) is 16.6. The van der Waals surface area contributed by atoms with Crippen molar-refractivity contribution in [2.45, 2.75) is 97.2 Å². The number of ether oxygens (including phenoxy) is 1. The van der Waals surface area contributed by atoms with E-state index in [0.717, 1.165) is 18.1 Å². The predicted molar refractivity (Wildman–Crippen MR) is 110 cm³/mol. The van der Waals surface area contributed by atoms with Crippen molar-refractivity contribution < 1.29 is 17.0 Å². The molecule has 0 aromatic heterocycles. The summed E-state index contributed by atoms with van der Waals surface area (Å²) in [6.45, 7) is 16.7. The lowest BCUT2D eigenvalue weighted by Gasteiger charge is -2.33. The number of nitrogens with one attached hydrogen (secondary N) is 1. The number of carbonyl (C=O) groups excluding carboxylic acids is 1. The van der Waals surface area contributed by atoms with Crippen LogP contribution in [0.25, 0.3) is 0 Å². The van der Waals surface area contributed by atoms with Crippen LogP contribution in [0.5, 0.6) is 0 Å². The minimum Gasteiger partial charge on any atom is -0.444 e. The molecule has 0 rings (SSSR count). The summed E-state index contributed by atoms with van der Waals surface area (Å²) in [5.74, 6) is 0. The van der Waals surface area contributed by atoms with Crippen molar-refractivity contribution in [3.63, 3.8) is 0 Å². The maximum Gasteiger partial charge on any atom is 0.407 e. The molecule has 0 heterocycles. The molecule has 0 radical (unpaired) electrons. The summed E-state index contributed by atoms with van der Waals surface area (Å²) in [5, 5.41) is 2.96. The molecule has 0 aliphatic rings. The Morgan fingerprint density at radius 1 is 1.08 bits per heavy atom. The monoisotopic (exact) mass is 473 g/mol. The highest BCUT2D eigenvalue weighted by Gasteiger charge is 2.32. The number of amides is 1. The Labute approximate surface area is 163 Å². The van der Waals surface area contributed by atoms with Crippen molar-refractivity contribution in [2.24, 2.45) is 0 Å². The lowest BCUT2D eigenvalue weighted by atomic mass is 10.00. The van der Waals surface area contributed by atoms with Gasteiger partial charge in [0.25, 0.3) is 0 Å². The predicted octanol–water partition coefficient (Wildman–Crippen LogP) is 5.44. The van der Waals surface area contributed by atoms with E-state index >= 15 is 0 Å². The average Bonchev–Trinajstić information content (AvgIpc) is 2.46. The van der Waals surface area contributed by atoms with Crippen LogP contribution in [0, 0.1) is 0 Å². The molecule has 0 aliphatic heterocycles. The van der Waals surface area contributed by atoms with Gasteiger partial charge in [-0.25, -0.2) is 4.79 Å². The zero-order chi connectivity index (χ0) is 19.0. The fourth-order valence-electron chi connectivity index (χ4n) is 2.58. The smallest absolute Gasteiger partial charge is 0.407 e. The molecule has 0 aromatic carbocycles.